The molecule has 22 heavy (non-hydrogen) atoms. The zero-order valence-corrected chi connectivity index (χ0v) is 15.5. The maximum absolute atomic E-state index is 12.8. The van der Waals surface area contributed by atoms with Crippen molar-refractivity contribution >= 4 is 29.9 Å². The van der Waals surface area contributed by atoms with Crippen LogP contribution in [0, 0.1) is 5.82 Å². The Bertz CT molecular complexity index is 443. The highest BCUT2D eigenvalue weighted by molar-refractivity contribution is 14.0. The van der Waals surface area contributed by atoms with E-state index in [1.807, 2.05) is 13.8 Å². The monoisotopic (exact) mass is 425 g/mol. The fourth-order valence-corrected chi connectivity index (χ4v) is 1.81. The molecule has 3 N–H and O–H groups in total. The van der Waals surface area contributed by atoms with Gasteiger partial charge in [-0.25, -0.2) is 4.39 Å². The number of aliphatic hydroxyl groups excluding tert-OH is 1. The van der Waals surface area contributed by atoms with E-state index < -0.39 is 6.10 Å². The normalized spacial score (nSPS) is 14.0. The number of rotatable bonds is 7. The molecule has 1 aromatic carbocycles. The average Bonchev–Trinajstić information content (AvgIpc) is 2.45. The Balaban J connectivity index is 0.00000441. The van der Waals surface area contributed by atoms with Crippen LogP contribution in [0.5, 0.6) is 0 Å². The summed E-state index contributed by atoms with van der Waals surface area (Å²) in [5.41, 5.74) is 0.640. The first-order valence-electron chi connectivity index (χ1n) is 7.04. The lowest BCUT2D eigenvalue weighted by Crippen LogP contribution is -2.44. The molecule has 2 unspecified atom stereocenters. The summed E-state index contributed by atoms with van der Waals surface area (Å²) in [4.78, 5) is 4.33. The van der Waals surface area contributed by atoms with E-state index in [9.17, 15) is 9.50 Å². The van der Waals surface area contributed by atoms with Crippen molar-refractivity contribution in [3.8, 4) is 0 Å². The zero-order chi connectivity index (χ0) is 15.7. The van der Waals surface area contributed by atoms with E-state index in [1.165, 1.54) is 12.1 Å². The van der Waals surface area contributed by atoms with Gasteiger partial charge >= 0.3 is 0 Å². The van der Waals surface area contributed by atoms with Crippen molar-refractivity contribution in [1.82, 2.24) is 10.6 Å². The van der Waals surface area contributed by atoms with Crippen LogP contribution in [0.3, 0.4) is 0 Å². The van der Waals surface area contributed by atoms with Crippen molar-refractivity contribution in [2.24, 2.45) is 4.99 Å². The minimum atomic E-state index is -0.765. The van der Waals surface area contributed by atoms with Gasteiger partial charge in [-0.3, -0.25) is 4.99 Å². The van der Waals surface area contributed by atoms with Gasteiger partial charge in [-0.05, 0) is 31.5 Å². The predicted molar refractivity (Wildman–Crippen MR) is 97.2 cm³/mol. The molecule has 1 rings (SSSR count). The molecule has 0 amide bonds. The number of aliphatic imine (C=N–C) groups is 1. The Labute approximate surface area is 148 Å². The number of hydrogen-bond donors (Lipinski definition) is 3. The largest absolute Gasteiger partial charge is 0.386 e. The molecule has 0 saturated heterocycles. The Morgan fingerprint density at radius 3 is 2.55 bits per heavy atom. The van der Waals surface area contributed by atoms with Crippen LogP contribution < -0.4 is 10.6 Å². The highest BCUT2D eigenvalue weighted by Gasteiger charge is 2.09. The molecule has 5 nitrogen and oxygen atoms in total. The lowest BCUT2D eigenvalue weighted by atomic mass is 10.1. The summed E-state index contributed by atoms with van der Waals surface area (Å²) >= 11 is 0. The van der Waals surface area contributed by atoms with Crippen LogP contribution in [0.15, 0.2) is 29.3 Å². The van der Waals surface area contributed by atoms with Crippen LogP contribution in [-0.4, -0.2) is 43.9 Å². The van der Waals surface area contributed by atoms with Gasteiger partial charge in [0.1, 0.15) is 5.82 Å². The van der Waals surface area contributed by atoms with Crippen LogP contribution in [0.1, 0.15) is 25.5 Å². The van der Waals surface area contributed by atoms with Crippen molar-refractivity contribution in [3.05, 3.63) is 35.6 Å². The molecule has 0 aliphatic carbocycles. The molecular weight excluding hydrogens is 400 g/mol. The van der Waals surface area contributed by atoms with Gasteiger partial charge in [-0.1, -0.05) is 12.1 Å². The average molecular weight is 425 g/mol. The van der Waals surface area contributed by atoms with Crippen LogP contribution in [0.4, 0.5) is 4.39 Å². The molecule has 0 saturated carbocycles. The third-order valence-corrected chi connectivity index (χ3v) is 2.82. The zero-order valence-electron chi connectivity index (χ0n) is 13.2. The van der Waals surface area contributed by atoms with Crippen LogP contribution in [0.2, 0.25) is 0 Å². The molecule has 0 aromatic heterocycles. The summed E-state index contributed by atoms with van der Waals surface area (Å²) in [5.74, 6) is 0.293. The van der Waals surface area contributed by atoms with E-state index in [0.717, 1.165) is 6.54 Å². The van der Waals surface area contributed by atoms with Crippen molar-refractivity contribution in [2.75, 3.05) is 26.8 Å². The van der Waals surface area contributed by atoms with Crippen molar-refractivity contribution < 1.29 is 14.2 Å². The molecule has 0 spiro atoms. The molecule has 2 atom stereocenters. The summed E-state index contributed by atoms with van der Waals surface area (Å²) in [6, 6.07) is 5.88. The van der Waals surface area contributed by atoms with Crippen LogP contribution >= 0.6 is 24.0 Å². The Kier molecular flexibility index (Phi) is 11.1. The van der Waals surface area contributed by atoms with Gasteiger partial charge in [-0.2, -0.15) is 0 Å². The molecule has 0 aliphatic heterocycles. The number of ether oxygens (including phenoxy) is 1. The maximum atomic E-state index is 12.8. The standard InChI is InChI=1S/C15H24FN3O2.HI/c1-4-17-15(19-11(2)10-21-3)18-9-14(20)12-5-7-13(16)8-6-12;/h5-8,11,14,20H,4,9-10H2,1-3H3,(H2,17,18,19);1H. The number of methoxy groups -OCH3 is 1. The SMILES string of the molecule is CCNC(=NCC(O)c1ccc(F)cc1)NC(C)COC.I. The first kappa shape index (κ1) is 21.1. The molecular formula is C15H25FIN3O2. The van der Waals surface area contributed by atoms with Gasteiger partial charge in [0, 0.05) is 19.7 Å². The number of guanidine groups is 1. The summed E-state index contributed by atoms with van der Waals surface area (Å²) in [6.07, 6.45) is -0.765. The highest BCUT2D eigenvalue weighted by atomic mass is 127. The topological polar surface area (TPSA) is 65.9 Å². The molecule has 0 aliphatic rings. The predicted octanol–water partition coefficient (Wildman–Crippen LogP) is 2.07. The number of halogens is 2. The Morgan fingerprint density at radius 2 is 2.00 bits per heavy atom. The summed E-state index contributed by atoms with van der Waals surface area (Å²) in [7, 11) is 1.64. The molecule has 1 aromatic rings. The van der Waals surface area contributed by atoms with Crippen molar-refractivity contribution in [2.45, 2.75) is 26.0 Å². The fraction of sp³-hybridized carbons (Fsp3) is 0.533. The van der Waals surface area contributed by atoms with E-state index in [1.54, 1.807) is 19.2 Å². The summed E-state index contributed by atoms with van der Waals surface area (Å²) in [5, 5.41) is 16.3. The van der Waals surface area contributed by atoms with E-state index >= 15 is 0 Å². The highest BCUT2D eigenvalue weighted by Crippen LogP contribution is 2.13. The first-order valence-corrected chi connectivity index (χ1v) is 7.04. The minimum absolute atomic E-state index is 0. The van der Waals surface area contributed by atoms with Crippen LogP contribution in [-0.2, 0) is 4.74 Å². The van der Waals surface area contributed by atoms with E-state index in [2.05, 4.69) is 15.6 Å². The van der Waals surface area contributed by atoms with Gasteiger partial charge in [0.2, 0.25) is 0 Å². The number of benzene rings is 1. The second-order valence-corrected chi connectivity index (χ2v) is 4.79. The number of aliphatic hydroxyl groups is 1. The van der Waals surface area contributed by atoms with Gasteiger partial charge < -0.3 is 20.5 Å². The van der Waals surface area contributed by atoms with E-state index in [0.29, 0.717) is 18.1 Å². The van der Waals surface area contributed by atoms with E-state index in [-0.39, 0.29) is 42.4 Å². The molecule has 0 fully saturated rings. The second-order valence-electron chi connectivity index (χ2n) is 4.79. The van der Waals surface area contributed by atoms with Gasteiger partial charge in [0.25, 0.3) is 0 Å². The molecule has 0 heterocycles. The maximum Gasteiger partial charge on any atom is 0.191 e. The van der Waals surface area contributed by atoms with Crippen molar-refractivity contribution in [1.29, 1.82) is 0 Å². The second kappa shape index (κ2) is 11.6. The van der Waals surface area contributed by atoms with E-state index in [4.69, 9.17) is 4.74 Å². The fourth-order valence-electron chi connectivity index (χ4n) is 1.81. The molecule has 126 valence electrons. The van der Waals surface area contributed by atoms with Gasteiger partial charge in [0.15, 0.2) is 5.96 Å². The summed E-state index contributed by atoms with van der Waals surface area (Å²) < 4.78 is 17.9. The lowest BCUT2D eigenvalue weighted by molar-refractivity contribution is 0.178. The lowest BCUT2D eigenvalue weighted by Gasteiger charge is -2.17. The third kappa shape index (κ3) is 7.90. The Hall–Kier alpha value is -0.930. The quantitative estimate of drug-likeness (QED) is 0.356. The smallest absolute Gasteiger partial charge is 0.191 e. The number of nitrogens with one attached hydrogen (secondary N) is 2. The molecule has 7 heteroatoms. The molecule has 0 bridgehead atoms. The number of nitrogens with zero attached hydrogens (tertiary/aromatic N) is 1. The summed E-state index contributed by atoms with van der Waals surface area (Å²) in [6.45, 7) is 5.42. The minimum Gasteiger partial charge on any atom is -0.386 e. The molecule has 0 radical (unpaired) electrons. The van der Waals surface area contributed by atoms with Crippen LogP contribution in [0.25, 0.3) is 0 Å². The van der Waals surface area contributed by atoms with Gasteiger partial charge in [-0.15, -0.1) is 24.0 Å². The van der Waals surface area contributed by atoms with Gasteiger partial charge in [0.05, 0.1) is 19.3 Å². The van der Waals surface area contributed by atoms with Crippen molar-refractivity contribution in [3.63, 3.8) is 0 Å². The number of hydrogen-bond acceptors (Lipinski definition) is 3. The Morgan fingerprint density at radius 1 is 1.36 bits per heavy atom. The first-order chi connectivity index (χ1) is 10.1. The third-order valence-electron chi connectivity index (χ3n) is 2.82.